The second kappa shape index (κ2) is 10.8. The van der Waals surface area contributed by atoms with Crippen molar-refractivity contribution in [2.24, 2.45) is 23.7 Å². The molecular formula is C29H42F2O. The van der Waals surface area contributed by atoms with Crippen LogP contribution in [0.5, 0.6) is 0 Å². The lowest BCUT2D eigenvalue weighted by Crippen LogP contribution is -2.38. The molecule has 1 aromatic rings. The molecule has 0 bridgehead atoms. The van der Waals surface area contributed by atoms with Crippen molar-refractivity contribution in [3.8, 4) is 0 Å². The highest BCUT2D eigenvalue weighted by atomic mass is 19.3. The molecule has 0 aromatic heterocycles. The first-order valence-electron chi connectivity index (χ1n) is 13.2. The van der Waals surface area contributed by atoms with Crippen LogP contribution >= 0.6 is 0 Å². The third-order valence-corrected chi connectivity index (χ3v) is 8.51. The number of hydrogen-bond donors (Lipinski definition) is 0. The maximum absolute atomic E-state index is 15.0. The lowest BCUT2D eigenvalue weighted by molar-refractivity contribution is -0.301. The standard InChI is InChI=1S/C29H42F2O/c1-21-3-7-23(8-4-21)9-10-24-11-17-27(18-12-24)29(30,31)32-28-19-15-26(16-20-28)25-13-5-22(2)6-14-25/h5-6,9-10,13-14,21,23-24,26-28H,3-4,7-8,11-12,15-20H2,1-2H3/b10-9+. The summed E-state index contributed by atoms with van der Waals surface area (Å²) < 4.78 is 35.4. The molecule has 0 spiro atoms. The van der Waals surface area contributed by atoms with E-state index in [4.69, 9.17) is 4.74 Å². The van der Waals surface area contributed by atoms with Gasteiger partial charge in [-0.3, -0.25) is 0 Å². The highest BCUT2D eigenvalue weighted by Gasteiger charge is 2.44. The molecule has 0 N–H and O–H groups in total. The van der Waals surface area contributed by atoms with Gasteiger partial charge in [0.25, 0.3) is 0 Å². The van der Waals surface area contributed by atoms with E-state index in [1.54, 1.807) is 0 Å². The summed E-state index contributed by atoms with van der Waals surface area (Å²) in [4.78, 5) is 0. The van der Waals surface area contributed by atoms with E-state index in [0.717, 1.165) is 44.4 Å². The van der Waals surface area contributed by atoms with Gasteiger partial charge in [0.15, 0.2) is 0 Å². The summed E-state index contributed by atoms with van der Waals surface area (Å²) in [6, 6.07) is 8.68. The second-order valence-electron chi connectivity index (χ2n) is 11.1. The van der Waals surface area contributed by atoms with Crippen molar-refractivity contribution in [3.63, 3.8) is 0 Å². The molecular weight excluding hydrogens is 402 g/mol. The molecule has 0 amide bonds. The fourth-order valence-electron chi connectivity index (χ4n) is 6.11. The highest BCUT2D eigenvalue weighted by Crippen LogP contribution is 2.43. The van der Waals surface area contributed by atoms with Gasteiger partial charge in [0.2, 0.25) is 0 Å². The Kier molecular flexibility index (Phi) is 8.08. The first-order valence-corrected chi connectivity index (χ1v) is 13.2. The molecule has 3 heteroatoms. The largest absolute Gasteiger partial charge is 0.358 e. The molecule has 3 aliphatic rings. The molecule has 178 valence electrons. The summed E-state index contributed by atoms with van der Waals surface area (Å²) >= 11 is 0. The summed E-state index contributed by atoms with van der Waals surface area (Å²) in [6.45, 7) is 4.44. The first-order chi connectivity index (χ1) is 15.4. The lowest BCUT2D eigenvalue weighted by atomic mass is 9.79. The summed E-state index contributed by atoms with van der Waals surface area (Å²) in [7, 11) is 0. The van der Waals surface area contributed by atoms with E-state index in [0.29, 0.717) is 30.6 Å². The number of rotatable bonds is 6. The maximum atomic E-state index is 15.0. The van der Waals surface area contributed by atoms with Crippen molar-refractivity contribution in [1.82, 2.24) is 0 Å². The van der Waals surface area contributed by atoms with Crippen LogP contribution in [0.1, 0.15) is 101 Å². The monoisotopic (exact) mass is 444 g/mol. The summed E-state index contributed by atoms with van der Waals surface area (Å²) in [5.41, 5.74) is 2.61. The van der Waals surface area contributed by atoms with Crippen molar-refractivity contribution in [1.29, 1.82) is 0 Å². The zero-order valence-corrected chi connectivity index (χ0v) is 20.1. The van der Waals surface area contributed by atoms with Crippen molar-refractivity contribution >= 4 is 0 Å². The van der Waals surface area contributed by atoms with Crippen LogP contribution in [0.4, 0.5) is 8.78 Å². The van der Waals surface area contributed by atoms with Crippen LogP contribution in [0.3, 0.4) is 0 Å². The van der Waals surface area contributed by atoms with E-state index in [2.05, 4.69) is 50.3 Å². The predicted octanol–water partition coefficient (Wildman–Crippen LogP) is 8.82. The third-order valence-electron chi connectivity index (χ3n) is 8.51. The number of allylic oxidation sites excluding steroid dienone is 2. The smallest absolute Gasteiger partial charge is 0.317 e. The summed E-state index contributed by atoms with van der Waals surface area (Å²) in [6.07, 6.45) is 13.0. The Balaban J connectivity index is 1.19. The Morgan fingerprint density at radius 1 is 0.750 bits per heavy atom. The zero-order valence-electron chi connectivity index (χ0n) is 20.1. The normalized spacial score (nSPS) is 34.6. The minimum atomic E-state index is -2.98. The van der Waals surface area contributed by atoms with Crippen molar-refractivity contribution in [3.05, 3.63) is 47.5 Å². The number of halogens is 2. The third kappa shape index (κ3) is 6.43. The molecule has 0 atom stereocenters. The molecule has 32 heavy (non-hydrogen) atoms. The van der Waals surface area contributed by atoms with Crippen LogP contribution in [-0.2, 0) is 4.74 Å². The average molecular weight is 445 g/mol. The Hall–Kier alpha value is -1.22. The van der Waals surface area contributed by atoms with E-state index >= 15 is 0 Å². The maximum Gasteiger partial charge on any atom is 0.358 e. The van der Waals surface area contributed by atoms with E-state index in [9.17, 15) is 8.78 Å². The van der Waals surface area contributed by atoms with Gasteiger partial charge in [-0.1, -0.05) is 61.7 Å². The fourth-order valence-corrected chi connectivity index (χ4v) is 6.11. The Morgan fingerprint density at radius 2 is 1.28 bits per heavy atom. The number of ether oxygens (including phenoxy) is 1. The van der Waals surface area contributed by atoms with Crippen LogP contribution in [0.15, 0.2) is 36.4 Å². The SMILES string of the molecule is Cc1ccc(C2CCC(OC(F)(F)C3CCC(/C=C/C4CCC(C)CC4)CC3)CC2)cc1. The highest BCUT2D eigenvalue weighted by molar-refractivity contribution is 5.24. The van der Waals surface area contributed by atoms with Gasteiger partial charge in [0, 0.05) is 0 Å². The van der Waals surface area contributed by atoms with Gasteiger partial charge in [-0.2, -0.15) is 8.78 Å². The van der Waals surface area contributed by atoms with Crippen molar-refractivity contribution in [2.75, 3.05) is 0 Å². The van der Waals surface area contributed by atoms with E-state index in [-0.39, 0.29) is 6.10 Å². The number of alkyl halides is 2. The molecule has 3 fully saturated rings. The van der Waals surface area contributed by atoms with Gasteiger partial charge >= 0.3 is 6.11 Å². The summed E-state index contributed by atoms with van der Waals surface area (Å²) in [5, 5.41) is 0. The van der Waals surface area contributed by atoms with Crippen LogP contribution in [0, 0.1) is 30.6 Å². The lowest BCUT2D eigenvalue weighted by Gasteiger charge is -2.36. The fraction of sp³-hybridized carbons (Fsp3) is 0.724. The molecule has 0 saturated heterocycles. The first kappa shape index (κ1) is 23.9. The molecule has 3 saturated carbocycles. The van der Waals surface area contributed by atoms with E-state index in [1.807, 2.05) is 0 Å². The van der Waals surface area contributed by atoms with Gasteiger partial charge in [0.05, 0.1) is 12.0 Å². The minimum Gasteiger partial charge on any atom is -0.317 e. The number of aryl methyl sites for hydroxylation is 1. The molecule has 0 unspecified atom stereocenters. The Bertz CT molecular complexity index is 716. The van der Waals surface area contributed by atoms with Gasteiger partial charge in [-0.05, 0) is 100 Å². The number of benzene rings is 1. The minimum absolute atomic E-state index is 0.294. The van der Waals surface area contributed by atoms with Crippen LogP contribution in [0.2, 0.25) is 0 Å². The molecule has 3 aliphatic carbocycles. The van der Waals surface area contributed by atoms with E-state index in [1.165, 1.54) is 36.8 Å². The van der Waals surface area contributed by atoms with Crippen molar-refractivity contribution in [2.45, 2.75) is 109 Å². The Labute approximate surface area is 194 Å². The van der Waals surface area contributed by atoms with Crippen LogP contribution < -0.4 is 0 Å². The zero-order chi connectivity index (χ0) is 22.6. The average Bonchev–Trinajstić information content (AvgIpc) is 2.80. The molecule has 1 aromatic carbocycles. The summed E-state index contributed by atoms with van der Waals surface area (Å²) in [5.74, 6) is 1.93. The topological polar surface area (TPSA) is 9.23 Å². The molecule has 0 heterocycles. The quantitative estimate of drug-likeness (QED) is 0.398. The molecule has 0 aliphatic heterocycles. The van der Waals surface area contributed by atoms with Gasteiger partial charge in [0.1, 0.15) is 0 Å². The van der Waals surface area contributed by atoms with E-state index < -0.39 is 12.0 Å². The number of hydrogen-bond acceptors (Lipinski definition) is 1. The van der Waals surface area contributed by atoms with Crippen LogP contribution in [0.25, 0.3) is 0 Å². The Morgan fingerprint density at radius 3 is 1.84 bits per heavy atom. The van der Waals surface area contributed by atoms with Gasteiger partial charge < -0.3 is 4.74 Å². The molecule has 1 nitrogen and oxygen atoms in total. The van der Waals surface area contributed by atoms with Gasteiger partial charge in [-0.15, -0.1) is 0 Å². The van der Waals surface area contributed by atoms with Crippen LogP contribution in [-0.4, -0.2) is 12.2 Å². The van der Waals surface area contributed by atoms with Crippen molar-refractivity contribution < 1.29 is 13.5 Å². The molecule has 4 rings (SSSR count). The predicted molar refractivity (Wildman–Crippen MR) is 128 cm³/mol. The molecule has 0 radical (unpaired) electrons. The van der Waals surface area contributed by atoms with Gasteiger partial charge in [-0.25, -0.2) is 0 Å². The second-order valence-corrected chi connectivity index (χ2v) is 11.1.